The summed E-state index contributed by atoms with van der Waals surface area (Å²) in [6, 6.07) is 10.3. The Hall–Kier alpha value is -3.17. The van der Waals surface area contributed by atoms with Crippen LogP contribution in [0.15, 0.2) is 55.1 Å². The lowest BCUT2D eigenvalue weighted by Gasteiger charge is -2.31. The first-order valence-corrected chi connectivity index (χ1v) is 12.2. The molecule has 0 radical (unpaired) electrons. The van der Waals surface area contributed by atoms with Gasteiger partial charge in [-0.1, -0.05) is 0 Å². The summed E-state index contributed by atoms with van der Waals surface area (Å²) in [6.45, 7) is 7.94. The van der Waals surface area contributed by atoms with Crippen molar-refractivity contribution in [3.05, 3.63) is 60.7 Å². The highest BCUT2D eigenvalue weighted by Crippen LogP contribution is 2.30. The number of ether oxygens (including phenoxy) is 1. The third-order valence-electron chi connectivity index (χ3n) is 5.58. The summed E-state index contributed by atoms with van der Waals surface area (Å²) >= 11 is 1.34. The first kappa shape index (κ1) is 21.7. The summed E-state index contributed by atoms with van der Waals surface area (Å²) < 4.78 is 8.27. The fourth-order valence-electron chi connectivity index (χ4n) is 3.90. The van der Waals surface area contributed by atoms with Crippen molar-refractivity contribution in [1.29, 1.82) is 0 Å². The molecule has 0 unspecified atom stereocenters. The van der Waals surface area contributed by atoms with Crippen molar-refractivity contribution < 1.29 is 4.74 Å². The fraction of sp³-hybridized carbons (Fsp3) is 0.333. The van der Waals surface area contributed by atoms with Gasteiger partial charge in [0.1, 0.15) is 11.5 Å². The Balaban J connectivity index is 1.27. The molecule has 0 amide bonds. The van der Waals surface area contributed by atoms with E-state index in [1.54, 1.807) is 6.20 Å². The number of hydrogen-bond donors (Lipinski definition) is 1. The van der Waals surface area contributed by atoms with Crippen molar-refractivity contribution >= 4 is 28.7 Å². The van der Waals surface area contributed by atoms with Crippen molar-refractivity contribution in [3.8, 4) is 17.1 Å². The van der Waals surface area contributed by atoms with Gasteiger partial charge in [-0.05, 0) is 38.1 Å². The minimum absolute atomic E-state index is 0.0700. The van der Waals surface area contributed by atoms with Crippen LogP contribution >= 0.6 is 0 Å². The second-order valence-corrected chi connectivity index (χ2v) is 9.47. The van der Waals surface area contributed by atoms with Gasteiger partial charge < -0.3 is 9.64 Å². The van der Waals surface area contributed by atoms with Crippen LogP contribution < -0.4 is 9.64 Å². The van der Waals surface area contributed by atoms with Crippen LogP contribution in [0.5, 0.6) is 5.88 Å². The fourth-order valence-corrected chi connectivity index (χ4v) is 4.93. The SMILES string of the molecule is CC(C)Oc1cc2c(-c3ccnc(N4CCN([SH+]Cc5ccncc5)CC4)c3)n[nH]c2cn1. The maximum atomic E-state index is 5.78. The number of aromatic amines is 1. The maximum absolute atomic E-state index is 5.78. The molecule has 0 spiro atoms. The summed E-state index contributed by atoms with van der Waals surface area (Å²) in [5.74, 6) is 2.62. The maximum Gasteiger partial charge on any atom is 0.214 e. The number of thiol groups is 1. The standard InChI is InChI=1S/C24H27N7OS/c1-17(2)32-23-14-20-21(15-27-23)28-29-24(20)19-5-8-26-22(13-19)30-9-11-31(12-10-30)33-16-18-3-6-25-7-4-18/h3-8,13-15,17H,9-12,16H2,1-2H3,(H,28,29)/p+1. The third kappa shape index (κ3) is 5.09. The van der Waals surface area contributed by atoms with E-state index in [2.05, 4.69) is 52.6 Å². The van der Waals surface area contributed by atoms with Gasteiger partial charge >= 0.3 is 0 Å². The number of nitrogens with zero attached hydrogens (tertiary/aromatic N) is 6. The molecule has 0 aliphatic carbocycles. The average Bonchev–Trinajstić information content (AvgIpc) is 3.27. The van der Waals surface area contributed by atoms with Gasteiger partial charge in [-0.15, -0.1) is 4.31 Å². The predicted octanol–water partition coefficient (Wildman–Crippen LogP) is 3.25. The number of rotatable bonds is 7. The van der Waals surface area contributed by atoms with E-state index in [0.29, 0.717) is 5.88 Å². The Morgan fingerprint density at radius 1 is 1.03 bits per heavy atom. The highest BCUT2D eigenvalue weighted by Gasteiger charge is 2.23. The van der Waals surface area contributed by atoms with Crippen molar-refractivity contribution in [2.75, 3.05) is 31.1 Å². The lowest BCUT2D eigenvalue weighted by Crippen LogP contribution is -2.46. The second kappa shape index (κ2) is 9.76. The molecule has 1 aliphatic heterocycles. The molecule has 1 N–H and O–H groups in total. The van der Waals surface area contributed by atoms with Gasteiger partial charge in [0, 0.05) is 54.3 Å². The molecule has 0 aromatic carbocycles. The molecule has 5 heterocycles. The number of aromatic nitrogens is 5. The molecular formula is C24H28N7OS+. The van der Waals surface area contributed by atoms with Crippen LogP contribution in [-0.2, 0) is 17.7 Å². The van der Waals surface area contributed by atoms with Crippen LogP contribution in [0.2, 0.25) is 0 Å². The molecule has 1 aliphatic rings. The van der Waals surface area contributed by atoms with Crippen molar-refractivity contribution in [3.63, 3.8) is 0 Å². The molecule has 9 heteroatoms. The topological polar surface area (TPSA) is 83.1 Å². The number of pyridine rings is 3. The average molecular weight is 463 g/mol. The molecule has 1 fully saturated rings. The largest absolute Gasteiger partial charge is 0.475 e. The number of H-pyrrole nitrogens is 1. The highest BCUT2D eigenvalue weighted by molar-refractivity contribution is 7.75. The number of nitrogens with one attached hydrogen (secondary N) is 1. The minimum atomic E-state index is 0.0700. The van der Waals surface area contributed by atoms with Crippen LogP contribution in [-0.4, -0.2) is 61.7 Å². The van der Waals surface area contributed by atoms with E-state index in [9.17, 15) is 0 Å². The molecule has 0 bridgehead atoms. The Kier molecular flexibility index (Phi) is 6.41. The van der Waals surface area contributed by atoms with E-state index in [-0.39, 0.29) is 6.10 Å². The summed E-state index contributed by atoms with van der Waals surface area (Å²) in [7, 11) is 0. The van der Waals surface area contributed by atoms with Crippen molar-refractivity contribution in [2.45, 2.75) is 25.7 Å². The monoisotopic (exact) mass is 462 g/mol. The zero-order valence-corrected chi connectivity index (χ0v) is 19.7. The van der Waals surface area contributed by atoms with E-state index >= 15 is 0 Å². The second-order valence-electron chi connectivity index (χ2n) is 8.31. The van der Waals surface area contributed by atoms with Gasteiger partial charge in [0.15, 0.2) is 5.75 Å². The Bertz CT molecular complexity index is 1210. The van der Waals surface area contributed by atoms with Gasteiger partial charge in [0.2, 0.25) is 5.88 Å². The molecule has 33 heavy (non-hydrogen) atoms. The van der Waals surface area contributed by atoms with Gasteiger partial charge in [-0.3, -0.25) is 10.1 Å². The van der Waals surface area contributed by atoms with Crippen LogP contribution in [0, 0.1) is 0 Å². The molecule has 0 saturated carbocycles. The van der Waals surface area contributed by atoms with Gasteiger partial charge in [0.25, 0.3) is 0 Å². The van der Waals surface area contributed by atoms with Crippen LogP contribution in [0.3, 0.4) is 0 Å². The third-order valence-corrected chi connectivity index (χ3v) is 6.89. The molecule has 1 saturated heterocycles. The quantitative estimate of drug-likeness (QED) is 0.333. The van der Waals surface area contributed by atoms with Crippen molar-refractivity contribution in [2.24, 2.45) is 0 Å². The van der Waals surface area contributed by atoms with Crippen LogP contribution in [0.4, 0.5) is 5.82 Å². The van der Waals surface area contributed by atoms with Crippen molar-refractivity contribution in [1.82, 2.24) is 29.5 Å². The van der Waals surface area contributed by atoms with E-state index in [4.69, 9.17) is 4.74 Å². The molecule has 0 atom stereocenters. The summed E-state index contributed by atoms with van der Waals surface area (Å²) in [5.41, 5.74) is 4.14. The van der Waals surface area contributed by atoms with Gasteiger partial charge in [-0.25, -0.2) is 9.97 Å². The first-order valence-electron chi connectivity index (χ1n) is 11.2. The number of hydrogen-bond acceptors (Lipinski definition) is 7. The molecule has 170 valence electrons. The number of fused-ring (bicyclic) bond motifs is 1. The van der Waals surface area contributed by atoms with E-state index in [1.165, 1.54) is 17.5 Å². The summed E-state index contributed by atoms with van der Waals surface area (Å²) in [6.07, 6.45) is 7.43. The lowest BCUT2D eigenvalue weighted by molar-refractivity contribution is 0.233. The molecular weight excluding hydrogens is 434 g/mol. The lowest BCUT2D eigenvalue weighted by atomic mass is 10.1. The summed E-state index contributed by atoms with van der Waals surface area (Å²) in [4.78, 5) is 15.5. The Morgan fingerprint density at radius 3 is 2.64 bits per heavy atom. The van der Waals surface area contributed by atoms with Gasteiger partial charge in [-0.2, -0.15) is 5.10 Å². The van der Waals surface area contributed by atoms with E-state index in [1.807, 2.05) is 44.6 Å². The van der Waals surface area contributed by atoms with Gasteiger partial charge in [0.05, 0.1) is 42.9 Å². The van der Waals surface area contributed by atoms with Crippen LogP contribution in [0.25, 0.3) is 22.2 Å². The van der Waals surface area contributed by atoms with Crippen LogP contribution in [0.1, 0.15) is 19.4 Å². The minimum Gasteiger partial charge on any atom is -0.475 e. The molecule has 4 aromatic heterocycles. The molecule has 4 aromatic rings. The number of anilines is 1. The molecule has 8 nitrogen and oxygen atoms in total. The Morgan fingerprint density at radius 2 is 1.85 bits per heavy atom. The Labute approximate surface area is 197 Å². The first-order chi connectivity index (χ1) is 16.2. The normalized spacial score (nSPS) is 14.8. The van der Waals surface area contributed by atoms with E-state index in [0.717, 1.165) is 59.9 Å². The molecule has 5 rings (SSSR count). The smallest absolute Gasteiger partial charge is 0.214 e. The zero-order chi connectivity index (χ0) is 22.6. The predicted molar refractivity (Wildman–Crippen MR) is 133 cm³/mol. The highest BCUT2D eigenvalue weighted by atomic mass is 32.2. The zero-order valence-electron chi connectivity index (χ0n) is 18.8. The van der Waals surface area contributed by atoms with E-state index < -0.39 is 0 Å². The summed E-state index contributed by atoms with van der Waals surface area (Å²) in [5, 5.41) is 8.64. The number of piperazine rings is 1.